The average Bonchev–Trinajstić information content (AvgIpc) is 3.99. The van der Waals surface area contributed by atoms with Gasteiger partial charge in [0, 0.05) is 19.0 Å². The van der Waals surface area contributed by atoms with E-state index >= 15 is 0 Å². The highest BCUT2D eigenvalue weighted by Crippen LogP contribution is 2.50. The zero-order valence-corrected chi connectivity index (χ0v) is 36.6. The third-order valence-corrected chi connectivity index (χ3v) is 14.1. The lowest BCUT2D eigenvalue weighted by Crippen LogP contribution is -2.60. The quantitative estimate of drug-likeness (QED) is 0.314. The molecule has 5 amide bonds. The summed E-state index contributed by atoms with van der Waals surface area (Å²) in [4.78, 5) is 76.2. The van der Waals surface area contributed by atoms with Crippen molar-refractivity contribution >= 4 is 50.8 Å². The minimum Gasteiger partial charge on any atom is -0.459 e. The molecule has 4 N–H and O–H groups in total. The van der Waals surface area contributed by atoms with Crippen LogP contribution in [0.3, 0.4) is 0 Å². The van der Waals surface area contributed by atoms with Crippen molar-refractivity contribution in [2.45, 2.75) is 154 Å². The summed E-state index contributed by atoms with van der Waals surface area (Å²) in [5.41, 5.74) is -1.75. The third kappa shape index (κ3) is 9.09. The van der Waals surface area contributed by atoms with Crippen molar-refractivity contribution in [1.82, 2.24) is 35.1 Å². The van der Waals surface area contributed by atoms with Crippen LogP contribution in [-0.2, 0) is 29.1 Å². The second kappa shape index (κ2) is 16.1. The molecular formula is C42H61N7O9S. The molecule has 1 aromatic carbocycles. The number of para-hydroxylation sites is 1. The summed E-state index contributed by atoms with van der Waals surface area (Å²) >= 11 is 0. The Labute approximate surface area is 347 Å². The Kier molecular flexibility index (Phi) is 12.0. The van der Waals surface area contributed by atoms with E-state index < -0.39 is 73.3 Å². The SMILES string of the molecule is CC[C@@H]1C[C@@]12NC(=O)[C@@H]1C[C@H](CN1C(=O)[C@@H](NC(=O)OC(C)(C)C)C(C)(C)C)Oc1nc3c(cccc3n1C(C)C)C(=O)NC/C=C/CCCC1(CC1)S(=O)(=O)NC2=O. The number of rotatable bonds is 4. The first kappa shape index (κ1) is 43.9. The van der Waals surface area contributed by atoms with Crippen LogP contribution in [0.4, 0.5) is 4.79 Å². The number of hydrogen-bond acceptors (Lipinski definition) is 10. The maximum absolute atomic E-state index is 14.7. The highest BCUT2D eigenvalue weighted by molar-refractivity contribution is 7.91. The molecule has 17 heteroatoms. The van der Waals surface area contributed by atoms with Gasteiger partial charge in [-0.05, 0) is 96.6 Å². The molecule has 0 radical (unpaired) electrons. The number of nitrogens with one attached hydrogen (secondary N) is 4. The third-order valence-electron chi connectivity index (χ3n) is 11.8. The summed E-state index contributed by atoms with van der Waals surface area (Å²) in [5.74, 6) is -2.68. The van der Waals surface area contributed by atoms with Crippen molar-refractivity contribution in [2.75, 3.05) is 13.1 Å². The van der Waals surface area contributed by atoms with E-state index in [1.165, 1.54) is 4.90 Å². The maximum Gasteiger partial charge on any atom is 0.408 e. The van der Waals surface area contributed by atoms with Gasteiger partial charge in [-0.25, -0.2) is 13.2 Å². The van der Waals surface area contributed by atoms with Crippen LogP contribution in [-0.4, -0.2) is 99.8 Å². The van der Waals surface area contributed by atoms with Crippen molar-refractivity contribution in [3.8, 4) is 6.01 Å². The Balaban J connectivity index is 1.40. The lowest BCUT2D eigenvalue weighted by atomic mass is 9.85. The van der Waals surface area contributed by atoms with Crippen LogP contribution in [0.5, 0.6) is 6.01 Å². The Bertz CT molecular complexity index is 2130. The number of fused-ring (bicyclic) bond motifs is 3. The highest BCUT2D eigenvalue weighted by Gasteiger charge is 2.64. The Hall–Kier alpha value is -4.67. The lowest BCUT2D eigenvalue weighted by molar-refractivity contribution is -0.143. The van der Waals surface area contributed by atoms with Crippen molar-refractivity contribution in [2.24, 2.45) is 11.3 Å². The summed E-state index contributed by atoms with van der Waals surface area (Å²) in [5, 5.41) is 8.55. The average molecular weight is 840 g/mol. The summed E-state index contributed by atoms with van der Waals surface area (Å²) < 4.78 is 42.8. The van der Waals surface area contributed by atoms with Gasteiger partial charge in [0.25, 0.3) is 17.8 Å². The van der Waals surface area contributed by atoms with Crippen molar-refractivity contribution < 1.29 is 41.9 Å². The van der Waals surface area contributed by atoms with E-state index in [0.717, 1.165) is 0 Å². The number of nitrogens with zero attached hydrogens (tertiary/aromatic N) is 3. The summed E-state index contributed by atoms with van der Waals surface area (Å²) in [7, 11) is -4.10. The number of hydrogen-bond donors (Lipinski definition) is 4. The number of alkyl carbamates (subject to hydrolysis) is 1. The molecule has 1 aromatic heterocycles. The number of allylic oxidation sites excluding steroid dienone is 1. The molecule has 16 nitrogen and oxygen atoms in total. The fourth-order valence-electron chi connectivity index (χ4n) is 8.34. The minimum absolute atomic E-state index is 0.0161. The second-order valence-electron chi connectivity index (χ2n) is 18.9. The van der Waals surface area contributed by atoms with Gasteiger partial charge in [0.05, 0.1) is 22.4 Å². The predicted molar refractivity (Wildman–Crippen MR) is 221 cm³/mol. The molecule has 3 fully saturated rings. The molecule has 4 bridgehead atoms. The fraction of sp³-hybridized carbons (Fsp3) is 0.667. The topological polar surface area (TPSA) is 207 Å². The van der Waals surface area contributed by atoms with Crippen LogP contribution in [0, 0.1) is 11.3 Å². The van der Waals surface area contributed by atoms with Crippen LogP contribution in [0.2, 0.25) is 0 Å². The van der Waals surface area contributed by atoms with Crippen LogP contribution >= 0.6 is 0 Å². The molecule has 2 saturated carbocycles. The standard InChI is InChI=1S/C42H61N7O9S/c1-10-26-23-42(26)36(53)47-59(55,56)41(19-20-41)18-13-11-12-14-21-43-33(50)28-16-15-17-29-31(28)44-37(49(29)25(2)3)57-27-22-30(34(51)46-42)48(24-27)35(52)32(39(4,5)6)45-38(54)58-40(7,8)9/h12,14-17,25-27,30,32H,10-11,13,18-24H2,1-9H3,(H,43,50)(H,45,54)(H,46,51)(H,47,53)/b14-12+/t26-,27-,30+,32-,42-/m1/s1. The molecule has 2 aromatic rings. The number of sulfonamides is 1. The van der Waals surface area contributed by atoms with E-state index in [0.29, 0.717) is 55.1 Å². The van der Waals surface area contributed by atoms with Crippen molar-refractivity contribution in [1.29, 1.82) is 0 Å². The highest BCUT2D eigenvalue weighted by atomic mass is 32.2. The summed E-state index contributed by atoms with van der Waals surface area (Å²) in [6.07, 6.45) is 5.15. The molecule has 2 spiro atoms. The smallest absolute Gasteiger partial charge is 0.408 e. The Morgan fingerprint density at radius 3 is 2.39 bits per heavy atom. The van der Waals surface area contributed by atoms with Gasteiger partial charge in [0.15, 0.2) is 0 Å². The van der Waals surface area contributed by atoms with E-state index in [1.807, 2.05) is 43.6 Å². The number of imidazole rings is 1. The number of carbonyl (C=O) groups excluding carboxylic acids is 5. The molecule has 2 aliphatic heterocycles. The molecule has 5 atom stereocenters. The molecule has 4 aliphatic rings. The van der Waals surface area contributed by atoms with E-state index in [-0.39, 0.29) is 49.8 Å². The zero-order valence-electron chi connectivity index (χ0n) is 35.8. The number of aromatic nitrogens is 2. The second-order valence-corrected chi connectivity index (χ2v) is 21.0. The van der Waals surface area contributed by atoms with Gasteiger partial charge in [-0.1, -0.05) is 52.3 Å². The first-order chi connectivity index (χ1) is 27.5. The monoisotopic (exact) mass is 839 g/mol. The van der Waals surface area contributed by atoms with Gasteiger partial charge >= 0.3 is 6.09 Å². The zero-order chi connectivity index (χ0) is 43.3. The van der Waals surface area contributed by atoms with Gasteiger partial charge in [-0.2, -0.15) is 4.98 Å². The largest absolute Gasteiger partial charge is 0.459 e. The Morgan fingerprint density at radius 2 is 1.78 bits per heavy atom. The molecule has 0 unspecified atom stereocenters. The van der Waals surface area contributed by atoms with E-state index in [1.54, 1.807) is 53.7 Å². The Morgan fingerprint density at radius 1 is 1.07 bits per heavy atom. The molecule has 2 aliphatic carbocycles. The summed E-state index contributed by atoms with van der Waals surface area (Å²) in [6.45, 7) is 16.4. The van der Waals surface area contributed by atoms with E-state index in [4.69, 9.17) is 14.5 Å². The molecule has 59 heavy (non-hydrogen) atoms. The van der Waals surface area contributed by atoms with Gasteiger partial charge < -0.3 is 30.3 Å². The molecule has 324 valence electrons. The molecule has 3 heterocycles. The van der Waals surface area contributed by atoms with Crippen LogP contribution in [0.25, 0.3) is 11.0 Å². The lowest BCUT2D eigenvalue weighted by Gasteiger charge is -2.36. The van der Waals surface area contributed by atoms with Gasteiger partial charge in [-0.15, -0.1) is 0 Å². The maximum atomic E-state index is 14.7. The van der Waals surface area contributed by atoms with Crippen LogP contribution in [0.1, 0.15) is 130 Å². The number of likely N-dealkylation sites (tertiary alicyclic amines) is 1. The minimum atomic E-state index is -4.10. The van der Waals surface area contributed by atoms with Crippen molar-refractivity contribution in [3.05, 3.63) is 35.9 Å². The fourth-order valence-corrected chi connectivity index (χ4v) is 10.0. The number of ether oxygens (including phenoxy) is 2. The van der Waals surface area contributed by atoms with Crippen molar-refractivity contribution in [3.63, 3.8) is 0 Å². The van der Waals surface area contributed by atoms with Gasteiger partial charge in [-0.3, -0.25) is 28.5 Å². The first-order valence-electron chi connectivity index (χ1n) is 20.8. The molecular weight excluding hydrogens is 779 g/mol. The summed E-state index contributed by atoms with van der Waals surface area (Å²) in [6, 6.07) is 3.01. The number of carbonyl (C=O) groups is 5. The normalized spacial score (nSPS) is 27.1. The number of amides is 5. The number of benzene rings is 1. The molecule has 1 saturated heterocycles. The van der Waals surface area contributed by atoms with Gasteiger partial charge in [0.1, 0.15) is 34.8 Å². The first-order valence-corrected chi connectivity index (χ1v) is 22.3. The van der Waals surface area contributed by atoms with E-state index in [9.17, 15) is 32.4 Å². The van der Waals surface area contributed by atoms with Crippen LogP contribution in [0.15, 0.2) is 30.4 Å². The van der Waals surface area contributed by atoms with Crippen LogP contribution < -0.4 is 25.4 Å². The molecule has 6 rings (SSSR count). The predicted octanol–water partition coefficient (Wildman–Crippen LogP) is 4.64. The van der Waals surface area contributed by atoms with Gasteiger partial charge in [0.2, 0.25) is 21.8 Å². The van der Waals surface area contributed by atoms with E-state index in [2.05, 4.69) is 20.7 Å².